The third kappa shape index (κ3) is 4.11. The van der Waals surface area contributed by atoms with Gasteiger partial charge in [-0.3, -0.25) is 4.79 Å². The van der Waals surface area contributed by atoms with Gasteiger partial charge in [0, 0.05) is 11.3 Å². The Balaban J connectivity index is 2.80. The van der Waals surface area contributed by atoms with E-state index in [-0.39, 0.29) is 12.3 Å². The Bertz CT molecular complexity index is 513. The first-order valence-corrected chi connectivity index (χ1v) is 6.87. The number of aliphatic carboxylic acids is 1. The van der Waals surface area contributed by atoms with Gasteiger partial charge in [-0.1, -0.05) is 13.3 Å². The Labute approximate surface area is 116 Å². The lowest BCUT2D eigenvalue weighted by Crippen LogP contribution is -2.40. The molecular formula is C14H17NO3S. The molecule has 1 unspecified atom stereocenters. The van der Waals surface area contributed by atoms with Crippen molar-refractivity contribution >= 4 is 23.2 Å². The van der Waals surface area contributed by atoms with Crippen LogP contribution in [0.4, 0.5) is 0 Å². The van der Waals surface area contributed by atoms with Gasteiger partial charge in [-0.2, -0.15) is 0 Å². The molecule has 0 aromatic carbocycles. The highest BCUT2D eigenvalue weighted by Gasteiger charge is 2.21. The molecule has 1 atom stereocenters. The van der Waals surface area contributed by atoms with E-state index in [1.54, 1.807) is 0 Å². The number of carbonyl (C=O) groups is 2. The number of aryl methyl sites for hydroxylation is 2. The second-order valence-corrected chi connectivity index (χ2v) is 5.47. The third-order valence-corrected chi connectivity index (χ3v) is 3.78. The van der Waals surface area contributed by atoms with Gasteiger partial charge in [-0.25, -0.2) is 4.79 Å². The van der Waals surface area contributed by atoms with Crippen molar-refractivity contribution < 1.29 is 14.7 Å². The van der Waals surface area contributed by atoms with Crippen molar-refractivity contribution in [2.45, 2.75) is 39.2 Å². The van der Waals surface area contributed by atoms with Crippen LogP contribution in [-0.4, -0.2) is 23.0 Å². The molecule has 0 aliphatic rings. The van der Waals surface area contributed by atoms with Crippen LogP contribution in [-0.2, 0) is 11.2 Å². The monoisotopic (exact) mass is 279 g/mol. The fourth-order valence-electron chi connectivity index (χ4n) is 1.70. The molecule has 0 fully saturated rings. The van der Waals surface area contributed by atoms with E-state index < -0.39 is 12.0 Å². The van der Waals surface area contributed by atoms with Gasteiger partial charge in [0.05, 0.1) is 4.88 Å². The minimum absolute atomic E-state index is 0.0206. The van der Waals surface area contributed by atoms with E-state index in [0.717, 1.165) is 23.3 Å². The molecule has 0 saturated carbocycles. The molecule has 19 heavy (non-hydrogen) atoms. The number of hydrogen-bond donors (Lipinski definition) is 2. The summed E-state index contributed by atoms with van der Waals surface area (Å²) in [5.74, 6) is 0.757. The first kappa shape index (κ1) is 15.3. The van der Waals surface area contributed by atoms with Crippen molar-refractivity contribution in [2.24, 2.45) is 0 Å². The normalized spacial score (nSPS) is 11.6. The molecule has 0 bridgehead atoms. The van der Waals surface area contributed by atoms with Gasteiger partial charge in [-0.15, -0.1) is 23.7 Å². The molecule has 0 aliphatic carbocycles. The summed E-state index contributed by atoms with van der Waals surface area (Å²) in [7, 11) is 0. The second kappa shape index (κ2) is 6.95. The number of amides is 1. The van der Waals surface area contributed by atoms with E-state index in [1.807, 2.05) is 13.0 Å². The molecule has 1 aromatic rings. The van der Waals surface area contributed by atoms with Gasteiger partial charge in [0.25, 0.3) is 5.91 Å². The fourth-order valence-corrected chi connectivity index (χ4v) is 2.67. The maximum absolute atomic E-state index is 12.0. The van der Waals surface area contributed by atoms with Gasteiger partial charge in [0.2, 0.25) is 0 Å². The lowest BCUT2D eigenvalue weighted by atomic mass is 10.1. The van der Waals surface area contributed by atoms with E-state index >= 15 is 0 Å². The van der Waals surface area contributed by atoms with Crippen LogP contribution >= 0.6 is 11.3 Å². The van der Waals surface area contributed by atoms with Crippen LogP contribution in [0, 0.1) is 19.3 Å². The first-order valence-electron chi connectivity index (χ1n) is 6.06. The summed E-state index contributed by atoms with van der Waals surface area (Å²) in [5, 5.41) is 11.4. The largest absolute Gasteiger partial charge is 0.480 e. The molecular weight excluding hydrogens is 262 g/mol. The zero-order valence-electron chi connectivity index (χ0n) is 11.0. The van der Waals surface area contributed by atoms with Crippen LogP contribution in [0.3, 0.4) is 0 Å². The zero-order valence-corrected chi connectivity index (χ0v) is 11.8. The SMILES string of the molecule is C#CCC(NC(=O)c1cc(CCC)c(C)s1)C(=O)O. The maximum atomic E-state index is 12.0. The number of carboxylic acid groups (broad SMARTS) is 1. The number of nitrogens with one attached hydrogen (secondary N) is 1. The lowest BCUT2D eigenvalue weighted by Gasteiger charge is -2.10. The van der Waals surface area contributed by atoms with Crippen LogP contribution in [0.25, 0.3) is 0 Å². The number of carboxylic acids is 1. The average Bonchev–Trinajstić information content (AvgIpc) is 2.71. The van der Waals surface area contributed by atoms with Gasteiger partial charge >= 0.3 is 5.97 Å². The summed E-state index contributed by atoms with van der Waals surface area (Å²) in [6, 6.07) is 0.794. The fraction of sp³-hybridized carbons (Fsp3) is 0.429. The molecule has 102 valence electrons. The van der Waals surface area contributed by atoms with E-state index in [0.29, 0.717) is 4.88 Å². The van der Waals surface area contributed by atoms with Crippen LogP contribution < -0.4 is 5.32 Å². The molecule has 1 rings (SSSR count). The van der Waals surface area contributed by atoms with Crippen molar-refractivity contribution in [3.63, 3.8) is 0 Å². The molecule has 5 heteroatoms. The maximum Gasteiger partial charge on any atom is 0.327 e. The van der Waals surface area contributed by atoms with Crippen molar-refractivity contribution in [2.75, 3.05) is 0 Å². The van der Waals surface area contributed by atoms with Gasteiger partial charge < -0.3 is 10.4 Å². The van der Waals surface area contributed by atoms with Crippen molar-refractivity contribution in [3.05, 3.63) is 21.4 Å². The Kier molecular flexibility index (Phi) is 5.58. The molecule has 4 nitrogen and oxygen atoms in total. The number of thiophene rings is 1. The van der Waals surface area contributed by atoms with E-state index in [1.165, 1.54) is 11.3 Å². The lowest BCUT2D eigenvalue weighted by molar-refractivity contribution is -0.139. The highest BCUT2D eigenvalue weighted by atomic mass is 32.1. The number of hydrogen-bond acceptors (Lipinski definition) is 3. The summed E-state index contributed by atoms with van der Waals surface area (Å²) in [4.78, 5) is 24.5. The molecule has 0 spiro atoms. The van der Waals surface area contributed by atoms with Crippen molar-refractivity contribution in [3.8, 4) is 12.3 Å². The van der Waals surface area contributed by atoms with Crippen LogP contribution in [0.5, 0.6) is 0 Å². The minimum atomic E-state index is -1.12. The molecule has 1 aromatic heterocycles. The predicted molar refractivity (Wildman–Crippen MR) is 75.4 cm³/mol. The summed E-state index contributed by atoms with van der Waals surface area (Å²) in [5.41, 5.74) is 1.14. The van der Waals surface area contributed by atoms with Crippen LogP contribution in [0.2, 0.25) is 0 Å². The molecule has 2 N–H and O–H groups in total. The highest BCUT2D eigenvalue weighted by molar-refractivity contribution is 7.14. The Morgan fingerprint density at radius 2 is 2.26 bits per heavy atom. The van der Waals surface area contributed by atoms with Crippen LogP contribution in [0.15, 0.2) is 6.07 Å². The summed E-state index contributed by atoms with van der Waals surface area (Å²) in [6.07, 6.45) is 6.99. The van der Waals surface area contributed by atoms with E-state index in [2.05, 4.69) is 18.2 Å². The standard InChI is InChI=1S/C14H17NO3S/c1-4-6-10-8-12(19-9(10)3)13(16)15-11(7-5-2)14(17)18/h2,8,11H,4,6-7H2,1,3H3,(H,15,16)(H,17,18). The predicted octanol–water partition coefficient (Wildman–Crippen LogP) is 2.22. The Morgan fingerprint density at radius 1 is 1.58 bits per heavy atom. The number of terminal acetylenes is 1. The minimum Gasteiger partial charge on any atom is -0.480 e. The topological polar surface area (TPSA) is 66.4 Å². The highest BCUT2D eigenvalue weighted by Crippen LogP contribution is 2.22. The van der Waals surface area contributed by atoms with Gasteiger partial charge in [0.15, 0.2) is 0 Å². The van der Waals surface area contributed by atoms with E-state index in [4.69, 9.17) is 11.5 Å². The van der Waals surface area contributed by atoms with E-state index in [9.17, 15) is 9.59 Å². The van der Waals surface area contributed by atoms with Gasteiger partial charge in [-0.05, 0) is 25.0 Å². The molecule has 0 aliphatic heterocycles. The molecule has 0 saturated heterocycles. The number of carbonyl (C=O) groups excluding carboxylic acids is 1. The quantitative estimate of drug-likeness (QED) is 0.785. The Morgan fingerprint density at radius 3 is 2.79 bits per heavy atom. The molecule has 1 heterocycles. The molecule has 1 amide bonds. The second-order valence-electron chi connectivity index (χ2n) is 4.21. The summed E-state index contributed by atoms with van der Waals surface area (Å²) >= 11 is 1.38. The number of rotatable bonds is 6. The Hall–Kier alpha value is -1.80. The van der Waals surface area contributed by atoms with Crippen molar-refractivity contribution in [1.29, 1.82) is 0 Å². The van der Waals surface area contributed by atoms with Crippen molar-refractivity contribution in [1.82, 2.24) is 5.32 Å². The smallest absolute Gasteiger partial charge is 0.327 e. The third-order valence-electron chi connectivity index (χ3n) is 2.69. The van der Waals surface area contributed by atoms with Gasteiger partial charge in [0.1, 0.15) is 6.04 Å². The molecule has 0 radical (unpaired) electrons. The first-order chi connectivity index (χ1) is 8.99. The summed E-state index contributed by atoms with van der Waals surface area (Å²) in [6.45, 7) is 4.03. The summed E-state index contributed by atoms with van der Waals surface area (Å²) < 4.78 is 0. The van der Waals surface area contributed by atoms with Crippen LogP contribution in [0.1, 0.15) is 39.9 Å². The average molecular weight is 279 g/mol. The zero-order chi connectivity index (χ0) is 14.4.